The van der Waals surface area contributed by atoms with Gasteiger partial charge in [-0.1, -0.05) is 13.8 Å². The Hall–Kier alpha value is -0.760. The molecule has 0 fully saturated rings. The van der Waals surface area contributed by atoms with E-state index >= 15 is 0 Å². The van der Waals surface area contributed by atoms with Crippen molar-refractivity contribution in [2.45, 2.75) is 33.2 Å². The summed E-state index contributed by atoms with van der Waals surface area (Å²) in [4.78, 5) is 0. The van der Waals surface area contributed by atoms with Gasteiger partial charge in [-0.05, 0) is 31.4 Å². The summed E-state index contributed by atoms with van der Waals surface area (Å²) in [6.07, 6.45) is 6.06. The van der Waals surface area contributed by atoms with Gasteiger partial charge in [-0.15, -0.1) is 0 Å². The molecule has 74 valence electrons. The Balaban J connectivity index is 1.96. The van der Waals surface area contributed by atoms with E-state index in [9.17, 15) is 0 Å². The SMILES string of the molecule is CC(C)CCCNCc1ccoc1. The van der Waals surface area contributed by atoms with E-state index in [1.165, 1.54) is 18.4 Å². The van der Waals surface area contributed by atoms with E-state index in [1.54, 1.807) is 12.5 Å². The first-order valence-corrected chi connectivity index (χ1v) is 5.01. The zero-order valence-electron chi connectivity index (χ0n) is 8.55. The second-order valence-corrected chi connectivity index (χ2v) is 3.84. The van der Waals surface area contributed by atoms with Crippen molar-refractivity contribution in [2.75, 3.05) is 6.54 Å². The van der Waals surface area contributed by atoms with Gasteiger partial charge >= 0.3 is 0 Å². The Bertz CT molecular complexity index is 204. The lowest BCUT2D eigenvalue weighted by Crippen LogP contribution is -2.14. The molecule has 0 bridgehead atoms. The van der Waals surface area contributed by atoms with Gasteiger partial charge < -0.3 is 9.73 Å². The van der Waals surface area contributed by atoms with E-state index in [0.717, 1.165) is 19.0 Å². The summed E-state index contributed by atoms with van der Waals surface area (Å²) in [5.41, 5.74) is 1.23. The van der Waals surface area contributed by atoms with E-state index in [4.69, 9.17) is 4.42 Å². The molecule has 0 aliphatic carbocycles. The predicted octanol–water partition coefficient (Wildman–Crippen LogP) is 2.81. The van der Waals surface area contributed by atoms with Crippen molar-refractivity contribution < 1.29 is 4.42 Å². The monoisotopic (exact) mass is 181 g/mol. The Labute approximate surface area is 80.3 Å². The van der Waals surface area contributed by atoms with Crippen LogP contribution < -0.4 is 5.32 Å². The molecule has 0 saturated heterocycles. The van der Waals surface area contributed by atoms with Gasteiger partial charge in [-0.25, -0.2) is 0 Å². The molecule has 1 N–H and O–H groups in total. The topological polar surface area (TPSA) is 25.2 Å². The van der Waals surface area contributed by atoms with Crippen molar-refractivity contribution in [1.29, 1.82) is 0 Å². The molecule has 0 aliphatic rings. The van der Waals surface area contributed by atoms with Gasteiger partial charge in [0, 0.05) is 12.1 Å². The summed E-state index contributed by atoms with van der Waals surface area (Å²) in [6.45, 7) is 6.55. The molecule has 0 radical (unpaired) electrons. The minimum atomic E-state index is 0.815. The molecule has 0 spiro atoms. The van der Waals surface area contributed by atoms with E-state index in [0.29, 0.717) is 0 Å². The molecule has 1 aromatic rings. The van der Waals surface area contributed by atoms with Gasteiger partial charge in [0.1, 0.15) is 0 Å². The van der Waals surface area contributed by atoms with Crippen LogP contribution in [0.3, 0.4) is 0 Å². The first-order chi connectivity index (χ1) is 6.29. The number of hydrogen-bond acceptors (Lipinski definition) is 2. The number of hydrogen-bond donors (Lipinski definition) is 1. The molecule has 0 atom stereocenters. The quantitative estimate of drug-likeness (QED) is 0.683. The van der Waals surface area contributed by atoms with Crippen LogP contribution >= 0.6 is 0 Å². The Morgan fingerprint density at radius 1 is 1.46 bits per heavy atom. The van der Waals surface area contributed by atoms with Crippen LogP contribution in [0, 0.1) is 5.92 Å². The fourth-order valence-electron chi connectivity index (χ4n) is 1.26. The smallest absolute Gasteiger partial charge is 0.0947 e. The molecular weight excluding hydrogens is 162 g/mol. The summed E-state index contributed by atoms with van der Waals surface area (Å²) < 4.78 is 4.97. The molecule has 0 aliphatic heterocycles. The van der Waals surface area contributed by atoms with Crippen molar-refractivity contribution >= 4 is 0 Å². The van der Waals surface area contributed by atoms with Crippen LogP contribution in [0.5, 0.6) is 0 Å². The average molecular weight is 181 g/mol. The van der Waals surface area contributed by atoms with Gasteiger partial charge in [-0.2, -0.15) is 0 Å². The lowest BCUT2D eigenvalue weighted by molar-refractivity contribution is 0.524. The molecule has 0 unspecified atom stereocenters. The van der Waals surface area contributed by atoms with Crippen LogP contribution in [0.1, 0.15) is 32.3 Å². The molecule has 13 heavy (non-hydrogen) atoms. The molecule has 0 saturated carbocycles. The van der Waals surface area contributed by atoms with Crippen LogP contribution in [-0.4, -0.2) is 6.54 Å². The van der Waals surface area contributed by atoms with Gasteiger partial charge in [0.2, 0.25) is 0 Å². The first kappa shape index (κ1) is 10.3. The average Bonchev–Trinajstić information content (AvgIpc) is 2.55. The third kappa shape index (κ3) is 4.73. The summed E-state index contributed by atoms with van der Waals surface area (Å²) in [5.74, 6) is 0.815. The van der Waals surface area contributed by atoms with E-state index < -0.39 is 0 Å². The van der Waals surface area contributed by atoms with E-state index in [2.05, 4.69) is 19.2 Å². The normalized spacial score (nSPS) is 11.0. The molecular formula is C11H19NO. The van der Waals surface area contributed by atoms with Crippen molar-refractivity contribution in [3.05, 3.63) is 24.2 Å². The standard InChI is InChI=1S/C11H19NO/c1-10(2)4-3-6-12-8-11-5-7-13-9-11/h5,7,9-10,12H,3-4,6,8H2,1-2H3. The maximum atomic E-state index is 4.97. The second-order valence-electron chi connectivity index (χ2n) is 3.84. The van der Waals surface area contributed by atoms with Gasteiger partial charge in [0.05, 0.1) is 12.5 Å². The minimum Gasteiger partial charge on any atom is -0.472 e. The molecule has 0 amide bonds. The van der Waals surface area contributed by atoms with Crippen LogP contribution in [0.15, 0.2) is 23.0 Å². The highest BCUT2D eigenvalue weighted by molar-refractivity contribution is 5.04. The zero-order chi connectivity index (χ0) is 9.52. The van der Waals surface area contributed by atoms with Crippen LogP contribution in [0.4, 0.5) is 0 Å². The number of nitrogens with one attached hydrogen (secondary N) is 1. The highest BCUT2D eigenvalue weighted by atomic mass is 16.3. The zero-order valence-corrected chi connectivity index (χ0v) is 8.55. The van der Waals surface area contributed by atoms with Crippen molar-refractivity contribution in [3.8, 4) is 0 Å². The largest absolute Gasteiger partial charge is 0.472 e. The predicted molar refractivity (Wildman–Crippen MR) is 54.5 cm³/mol. The van der Waals surface area contributed by atoms with Gasteiger partial charge in [0.25, 0.3) is 0 Å². The minimum absolute atomic E-state index is 0.815. The summed E-state index contributed by atoms with van der Waals surface area (Å²) >= 11 is 0. The van der Waals surface area contributed by atoms with Crippen LogP contribution in [0.25, 0.3) is 0 Å². The van der Waals surface area contributed by atoms with Gasteiger partial charge in [0.15, 0.2) is 0 Å². The molecule has 1 rings (SSSR count). The Morgan fingerprint density at radius 2 is 2.31 bits per heavy atom. The van der Waals surface area contributed by atoms with Crippen molar-refractivity contribution in [3.63, 3.8) is 0 Å². The molecule has 2 heteroatoms. The van der Waals surface area contributed by atoms with E-state index in [1.807, 2.05) is 6.07 Å². The van der Waals surface area contributed by atoms with Crippen LogP contribution in [0.2, 0.25) is 0 Å². The number of furan rings is 1. The third-order valence-corrected chi connectivity index (χ3v) is 2.04. The highest BCUT2D eigenvalue weighted by Crippen LogP contribution is 2.02. The maximum Gasteiger partial charge on any atom is 0.0947 e. The molecule has 0 aromatic carbocycles. The Morgan fingerprint density at radius 3 is 2.92 bits per heavy atom. The van der Waals surface area contributed by atoms with Crippen molar-refractivity contribution in [1.82, 2.24) is 5.32 Å². The molecule has 1 heterocycles. The van der Waals surface area contributed by atoms with Gasteiger partial charge in [-0.3, -0.25) is 0 Å². The summed E-state index contributed by atoms with van der Waals surface area (Å²) in [6, 6.07) is 2.00. The lowest BCUT2D eigenvalue weighted by Gasteiger charge is -2.04. The molecule has 2 nitrogen and oxygen atoms in total. The fraction of sp³-hybridized carbons (Fsp3) is 0.636. The molecule has 1 aromatic heterocycles. The fourth-order valence-corrected chi connectivity index (χ4v) is 1.26. The van der Waals surface area contributed by atoms with Crippen molar-refractivity contribution in [2.24, 2.45) is 5.92 Å². The second kappa shape index (κ2) is 5.81. The maximum absolute atomic E-state index is 4.97. The first-order valence-electron chi connectivity index (χ1n) is 5.01. The third-order valence-electron chi connectivity index (χ3n) is 2.04. The summed E-state index contributed by atoms with van der Waals surface area (Å²) in [5, 5.41) is 3.38. The highest BCUT2D eigenvalue weighted by Gasteiger charge is 1.95. The summed E-state index contributed by atoms with van der Waals surface area (Å²) in [7, 11) is 0. The lowest BCUT2D eigenvalue weighted by atomic mass is 10.1. The van der Waals surface area contributed by atoms with E-state index in [-0.39, 0.29) is 0 Å². The Kier molecular flexibility index (Phi) is 4.61. The number of rotatable bonds is 6. The van der Waals surface area contributed by atoms with Crippen LogP contribution in [-0.2, 0) is 6.54 Å².